The molecule has 25 heteroatoms. The van der Waals surface area contributed by atoms with Crippen LogP contribution in [0.3, 0.4) is 0 Å². The van der Waals surface area contributed by atoms with Crippen LogP contribution in [0.15, 0.2) is 34.1 Å². The van der Waals surface area contributed by atoms with Gasteiger partial charge in [-0.05, 0) is 49.2 Å². The third-order valence-electron chi connectivity index (χ3n) is 5.89. The molecule has 276 valence electrons. The van der Waals surface area contributed by atoms with Gasteiger partial charge in [0.15, 0.2) is 0 Å². The molecule has 0 saturated heterocycles. The summed E-state index contributed by atoms with van der Waals surface area (Å²) in [5.74, 6) is -12.9. The Morgan fingerprint density at radius 2 is 0.980 bits per heavy atom. The van der Waals surface area contributed by atoms with Gasteiger partial charge < -0.3 is 11.5 Å². The third-order valence-corrected chi connectivity index (χ3v) is 9.11. The van der Waals surface area contributed by atoms with Gasteiger partial charge in [-0.15, -0.1) is 10.2 Å². The van der Waals surface area contributed by atoms with Gasteiger partial charge in [0.1, 0.15) is 28.8 Å². The van der Waals surface area contributed by atoms with E-state index >= 15 is 0 Å². The number of benzene rings is 2. The first kappa shape index (κ1) is 40.1. The molecule has 0 radical (unpaired) electrons. The van der Waals surface area contributed by atoms with E-state index < -0.39 is 109 Å². The fraction of sp³-hybridized carbons (Fsp3) is 0.360. The van der Waals surface area contributed by atoms with Gasteiger partial charge in [0.25, 0.3) is 17.6 Å². The van der Waals surface area contributed by atoms with Crippen molar-refractivity contribution in [3.05, 3.63) is 58.7 Å². The van der Waals surface area contributed by atoms with Crippen molar-refractivity contribution >= 4 is 33.5 Å². The number of halogens is 13. The number of rotatable bonds is 7. The Morgan fingerprint density at radius 3 is 1.26 bits per heavy atom. The lowest BCUT2D eigenvalue weighted by molar-refractivity contribution is -0.145. The van der Waals surface area contributed by atoms with Crippen LogP contribution in [0.1, 0.15) is 29.7 Å². The number of hydrogen-bond acceptors (Lipinski definition) is 8. The molecule has 4 aromatic rings. The summed E-state index contributed by atoms with van der Waals surface area (Å²) < 4.78 is 192. The Labute approximate surface area is 276 Å². The second-order valence-electron chi connectivity index (χ2n) is 10.2. The van der Waals surface area contributed by atoms with E-state index in [9.17, 15) is 65.5 Å². The first-order chi connectivity index (χ1) is 22.6. The molecule has 0 saturated carbocycles. The second kappa shape index (κ2) is 14.1. The molecule has 4 rings (SSSR count). The molecule has 50 heavy (non-hydrogen) atoms. The number of alkyl halides is 11. The molecule has 0 aliphatic carbocycles. The molecule has 0 spiro atoms. The summed E-state index contributed by atoms with van der Waals surface area (Å²) in [4.78, 5) is 5.36. The van der Waals surface area contributed by atoms with Crippen molar-refractivity contribution in [2.24, 2.45) is 0 Å². The van der Waals surface area contributed by atoms with Crippen LogP contribution >= 0.6 is 0 Å². The van der Waals surface area contributed by atoms with E-state index in [0.29, 0.717) is 17.7 Å². The normalized spacial score (nSPS) is 13.9. The van der Waals surface area contributed by atoms with Gasteiger partial charge in [0.05, 0.1) is 27.4 Å². The first-order valence-electron chi connectivity index (χ1n) is 13.0. The van der Waals surface area contributed by atoms with Crippen LogP contribution in [-0.4, -0.2) is 61.6 Å². The fourth-order valence-electron chi connectivity index (χ4n) is 3.88. The van der Waals surface area contributed by atoms with E-state index in [0.717, 1.165) is 18.2 Å². The number of hydrogen-bond donors (Lipinski definition) is 2. The molecule has 0 fully saturated rings. The van der Waals surface area contributed by atoms with Gasteiger partial charge >= 0.3 is 18.5 Å². The molecule has 0 amide bonds. The maximum Gasteiger partial charge on any atom is 0.453 e. The Morgan fingerprint density at radius 1 is 0.640 bits per heavy atom. The molecule has 2 aromatic carbocycles. The minimum Gasteiger partial charge on any atom is -0.368 e. The number of aromatic nitrogens is 6. The van der Waals surface area contributed by atoms with Crippen molar-refractivity contribution in [2.45, 2.75) is 55.0 Å². The zero-order valence-corrected chi connectivity index (χ0v) is 26.7. The third kappa shape index (κ3) is 9.91. The number of anilines is 2. The molecule has 0 bridgehead atoms. The molecule has 4 N–H and O–H groups in total. The molecule has 10 nitrogen and oxygen atoms in total. The first-order valence-corrected chi connectivity index (χ1v) is 15.6. The van der Waals surface area contributed by atoms with E-state index in [1.54, 1.807) is 0 Å². The smallest absolute Gasteiger partial charge is 0.368 e. The maximum absolute atomic E-state index is 14.1. The number of nitrogens with zero attached hydrogens (tertiary/aromatic N) is 6. The van der Waals surface area contributed by atoms with E-state index in [4.69, 9.17) is 11.5 Å². The van der Waals surface area contributed by atoms with Crippen LogP contribution in [0.2, 0.25) is 0 Å². The molecular weight excluding hydrogens is 755 g/mol. The zero-order valence-electron chi connectivity index (χ0n) is 25.1. The largest absolute Gasteiger partial charge is 0.453 e. The van der Waals surface area contributed by atoms with Gasteiger partial charge in [0, 0.05) is 16.7 Å². The molecule has 0 aliphatic heterocycles. The SMILES string of the molecule is Cc1cc(F)c(-n2nc(C(F)(F)F)nc2N)cc1[S@@](=O)CC(F)(F)F.Cc1cc(F)c(-n2nc(C(F)(F)F)nc2N)cc1[S@](=O)CC(C)(F)F. The van der Waals surface area contributed by atoms with Gasteiger partial charge in [-0.1, -0.05) is 0 Å². The minimum atomic E-state index is -4.96. The maximum atomic E-state index is 14.1. The molecule has 0 unspecified atom stereocenters. The van der Waals surface area contributed by atoms with Gasteiger partial charge in [-0.25, -0.2) is 17.6 Å². The molecule has 0 aliphatic rings. The van der Waals surface area contributed by atoms with Crippen molar-refractivity contribution < 1.29 is 65.5 Å². The Kier molecular flexibility index (Phi) is 11.4. The van der Waals surface area contributed by atoms with Crippen LogP contribution in [0, 0.1) is 25.5 Å². The number of nitrogens with two attached hydrogens (primary N) is 2. The highest BCUT2D eigenvalue weighted by atomic mass is 32.2. The van der Waals surface area contributed by atoms with Crippen LogP contribution in [0.25, 0.3) is 11.4 Å². The number of aryl methyl sites for hydroxylation is 2. The van der Waals surface area contributed by atoms with Gasteiger partial charge in [-0.3, -0.25) is 8.42 Å². The van der Waals surface area contributed by atoms with Crippen LogP contribution in [-0.2, 0) is 34.0 Å². The topological polar surface area (TPSA) is 148 Å². The molecule has 2 aromatic heterocycles. The average molecular weight is 777 g/mol. The fourth-order valence-corrected chi connectivity index (χ4v) is 6.27. The summed E-state index contributed by atoms with van der Waals surface area (Å²) in [6.07, 6.45) is -14.6. The van der Waals surface area contributed by atoms with Crippen LogP contribution in [0.5, 0.6) is 0 Å². The number of nitrogen functional groups attached to an aromatic ring is 2. The average Bonchev–Trinajstić information content (AvgIpc) is 3.50. The standard InChI is InChI=1S/C13H12F6N4OS.C12H9F7N4OS/c1-6-3-7(14)8(4-9(6)25(24)5-12(2,15)16)23-11(20)21-10(22-23)13(17,18)19;1-5-2-6(13)7(3-8(5)25(24)4-11(14,15)16)23-10(20)21-9(22-23)12(17,18)19/h3-4H,5H2,1-2H3,(H2,20,21,22);2-3H,4H2,1H3,(H2,20,21,22)/t2*25-/m10/s1. The Hall–Kier alpha value is -4.29. The Bertz CT molecular complexity index is 1790. The van der Waals surface area contributed by atoms with Crippen molar-refractivity contribution in [3.63, 3.8) is 0 Å². The van der Waals surface area contributed by atoms with Crippen LogP contribution < -0.4 is 11.5 Å². The van der Waals surface area contributed by atoms with Gasteiger partial charge in [-0.2, -0.15) is 58.8 Å². The second-order valence-corrected chi connectivity index (χ2v) is 13.0. The summed E-state index contributed by atoms with van der Waals surface area (Å²) in [6, 6.07) is 3.16. The predicted octanol–water partition coefficient (Wildman–Crippen LogP) is 6.06. The molecule has 2 heterocycles. The van der Waals surface area contributed by atoms with E-state index in [-0.39, 0.29) is 20.7 Å². The minimum absolute atomic E-state index is 0.0708. The lowest BCUT2D eigenvalue weighted by Gasteiger charge is -2.13. The molecular formula is C25H21F13N8O2S2. The lowest BCUT2D eigenvalue weighted by Crippen LogP contribution is -2.21. The summed E-state index contributed by atoms with van der Waals surface area (Å²) in [7, 11) is -4.80. The summed E-state index contributed by atoms with van der Waals surface area (Å²) >= 11 is 0. The lowest BCUT2D eigenvalue weighted by atomic mass is 10.2. The van der Waals surface area contributed by atoms with E-state index in [1.165, 1.54) is 13.8 Å². The van der Waals surface area contributed by atoms with Gasteiger partial charge in [0.2, 0.25) is 11.9 Å². The van der Waals surface area contributed by atoms with Crippen molar-refractivity contribution in [1.29, 1.82) is 0 Å². The molecule has 2 atom stereocenters. The summed E-state index contributed by atoms with van der Waals surface area (Å²) in [5, 5.41) is 6.10. The highest BCUT2D eigenvalue weighted by molar-refractivity contribution is 7.85. The quantitative estimate of drug-likeness (QED) is 0.215. The predicted molar refractivity (Wildman–Crippen MR) is 150 cm³/mol. The summed E-state index contributed by atoms with van der Waals surface area (Å²) in [5.41, 5.74) is 9.36. The Balaban J connectivity index is 0.000000270. The van der Waals surface area contributed by atoms with Crippen LogP contribution in [0.4, 0.5) is 69.0 Å². The highest BCUT2D eigenvalue weighted by Crippen LogP contribution is 2.32. The summed E-state index contributed by atoms with van der Waals surface area (Å²) in [6.45, 7) is 3.11. The van der Waals surface area contributed by atoms with Crippen molar-refractivity contribution in [1.82, 2.24) is 29.5 Å². The highest BCUT2D eigenvalue weighted by Gasteiger charge is 2.39. The zero-order chi connectivity index (χ0) is 38.3. The van der Waals surface area contributed by atoms with Crippen molar-refractivity contribution in [3.8, 4) is 11.4 Å². The van der Waals surface area contributed by atoms with E-state index in [1.807, 2.05) is 0 Å². The van der Waals surface area contributed by atoms with Crippen molar-refractivity contribution in [2.75, 3.05) is 23.0 Å². The van der Waals surface area contributed by atoms with E-state index in [2.05, 4.69) is 20.2 Å². The monoisotopic (exact) mass is 776 g/mol.